The molecule has 0 aliphatic carbocycles. The van der Waals surface area contributed by atoms with Crippen LogP contribution in [-0.4, -0.2) is 35.0 Å². The highest BCUT2D eigenvalue weighted by Gasteiger charge is 2.23. The van der Waals surface area contributed by atoms with Crippen LogP contribution >= 0.6 is 0 Å². The monoisotopic (exact) mass is 438 g/mol. The van der Waals surface area contributed by atoms with Crippen molar-refractivity contribution < 1.29 is 19.1 Å². The van der Waals surface area contributed by atoms with E-state index in [2.05, 4.69) is 4.98 Å². The van der Waals surface area contributed by atoms with Gasteiger partial charge in [-0.25, -0.2) is 4.79 Å². The maximum atomic E-state index is 13.8. The van der Waals surface area contributed by atoms with E-state index in [1.807, 2.05) is 47.2 Å². The summed E-state index contributed by atoms with van der Waals surface area (Å²) in [6.45, 7) is 2.09. The van der Waals surface area contributed by atoms with E-state index < -0.39 is 0 Å². The molecule has 6 heteroatoms. The third-order valence-electron chi connectivity index (χ3n) is 5.69. The summed E-state index contributed by atoms with van der Waals surface area (Å²) in [5.41, 5.74) is 4.18. The normalized spacial score (nSPS) is 11.1. The smallest absolute Gasteiger partial charge is 0.338 e. The number of nitrogens with one attached hydrogen (secondary N) is 1. The molecule has 0 spiro atoms. The molecule has 2 aromatic heterocycles. The van der Waals surface area contributed by atoms with Gasteiger partial charge in [-0.15, -0.1) is 0 Å². The Balaban J connectivity index is 1.68. The van der Waals surface area contributed by atoms with E-state index >= 15 is 0 Å². The number of aromatic amines is 1. The average Bonchev–Trinajstić information content (AvgIpc) is 3.40. The van der Waals surface area contributed by atoms with Crippen molar-refractivity contribution in [1.82, 2.24) is 9.55 Å². The highest BCUT2D eigenvalue weighted by molar-refractivity contribution is 6.22. The number of H-pyrrole nitrogens is 1. The number of ether oxygens (including phenoxy) is 2. The van der Waals surface area contributed by atoms with Crippen molar-refractivity contribution in [3.05, 3.63) is 95.8 Å². The lowest BCUT2D eigenvalue weighted by molar-refractivity contribution is 0.0526. The van der Waals surface area contributed by atoms with Crippen molar-refractivity contribution in [1.29, 1.82) is 0 Å². The van der Waals surface area contributed by atoms with Gasteiger partial charge < -0.3 is 19.0 Å². The van der Waals surface area contributed by atoms with Crippen molar-refractivity contribution in [3.8, 4) is 11.4 Å². The van der Waals surface area contributed by atoms with E-state index in [4.69, 9.17) is 9.47 Å². The molecular weight excluding hydrogens is 416 g/mol. The van der Waals surface area contributed by atoms with Crippen LogP contribution in [0.2, 0.25) is 0 Å². The van der Waals surface area contributed by atoms with Gasteiger partial charge in [-0.2, -0.15) is 0 Å². The minimum atomic E-state index is -0.371. The topological polar surface area (TPSA) is 73.3 Å². The molecule has 0 aliphatic heterocycles. The molecule has 0 unspecified atom stereocenters. The lowest BCUT2D eigenvalue weighted by atomic mass is 10.0. The van der Waals surface area contributed by atoms with Gasteiger partial charge in [0.1, 0.15) is 11.4 Å². The van der Waals surface area contributed by atoms with E-state index in [9.17, 15) is 9.59 Å². The summed E-state index contributed by atoms with van der Waals surface area (Å²) in [6.07, 6.45) is 1.92. The molecule has 2 heterocycles. The summed E-state index contributed by atoms with van der Waals surface area (Å²) < 4.78 is 12.2. The fourth-order valence-corrected chi connectivity index (χ4v) is 4.11. The van der Waals surface area contributed by atoms with Crippen LogP contribution in [0, 0.1) is 0 Å². The first kappa shape index (κ1) is 20.6. The van der Waals surface area contributed by atoms with Gasteiger partial charge in [0.15, 0.2) is 0 Å². The number of hydrogen-bond acceptors (Lipinski definition) is 4. The van der Waals surface area contributed by atoms with E-state index in [1.54, 1.807) is 50.4 Å². The van der Waals surface area contributed by atoms with Gasteiger partial charge in [0.2, 0.25) is 5.78 Å². The molecule has 0 aliphatic rings. The predicted octanol–water partition coefficient (Wildman–Crippen LogP) is 5.53. The lowest BCUT2D eigenvalue weighted by Gasteiger charge is -2.11. The zero-order valence-electron chi connectivity index (χ0n) is 18.3. The fraction of sp³-hybridized carbons (Fsp3) is 0.111. The maximum Gasteiger partial charge on any atom is 0.338 e. The number of hydrogen-bond donors (Lipinski definition) is 1. The molecule has 5 rings (SSSR count). The first-order chi connectivity index (χ1) is 16.1. The molecule has 0 bridgehead atoms. The molecule has 0 saturated carbocycles. The molecule has 33 heavy (non-hydrogen) atoms. The van der Waals surface area contributed by atoms with Crippen LogP contribution in [0.4, 0.5) is 0 Å². The Bertz CT molecular complexity index is 1470. The number of aromatic nitrogens is 2. The van der Waals surface area contributed by atoms with E-state index in [-0.39, 0.29) is 11.8 Å². The number of fused-ring (bicyclic) bond motifs is 3. The third kappa shape index (κ3) is 3.55. The second-order valence-corrected chi connectivity index (χ2v) is 7.63. The molecule has 6 nitrogen and oxygen atoms in total. The number of carbonyl (C=O) groups excluding carboxylic acids is 2. The summed E-state index contributed by atoms with van der Waals surface area (Å²) in [5.74, 6) is 0.213. The molecule has 164 valence electrons. The minimum absolute atomic E-state index is 0.105. The van der Waals surface area contributed by atoms with Crippen LogP contribution in [0.5, 0.6) is 5.75 Å². The van der Waals surface area contributed by atoms with E-state index in [0.29, 0.717) is 29.2 Å². The summed E-state index contributed by atoms with van der Waals surface area (Å²) in [5, 5.41) is 1.84. The Morgan fingerprint density at radius 2 is 1.58 bits per heavy atom. The highest BCUT2D eigenvalue weighted by atomic mass is 16.5. The largest absolute Gasteiger partial charge is 0.497 e. The SMILES string of the molecule is CCOC(=O)c1ccc(-n2cc3[nH]c4ccccc4c3c2C(=O)c2ccc(OC)cc2)cc1. The molecule has 0 saturated heterocycles. The number of nitrogens with zero attached hydrogens (tertiary/aromatic N) is 1. The standard InChI is InChI=1S/C27H22N2O4/c1-3-33-27(31)18-8-12-19(13-9-18)29-16-23-24(21-6-4-5-7-22(21)28-23)25(29)26(30)17-10-14-20(32-2)15-11-17/h4-16,28H,3H2,1-2H3. The predicted molar refractivity (Wildman–Crippen MR) is 128 cm³/mol. The summed E-state index contributed by atoms with van der Waals surface area (Å²) in [4.78, 5) is 29.2. The van der Waals surface area contributed by atoms with Crippen molar-refractivity contribution in [2.24, 2.45) is 0 Å². The van der Waals surface area contributed by atoms with Crippen LogP contribution < -0.4 is 4.74 Å². The summed E-state index contributed by atoms with van der Waals surface area (Å²) in [6, 6.07) is 22.1. The number of ketones is 1. The number of carbonyl (C=O) groups is 2. The van der Waals surface area contributed by atoms with E-state index in [0.717, 1.165) is 27.5 Å². The molecule has 5 aromatic rings. The van der Waals surface area contributed by atoms with Gasteiger partial charge in [0, 0.05) is 33.7 Å². The molecule has 0 atom stereocenters. The quantitative estimate of drug-likeness (QED) is 0.280. The van der Waals surface area contributed by atoms with Crippen LogP contribution in [0.1, 0.15) is 33.3 Å². The molecule has 0 amide bonds. The molecule has 1 N–H and O–H groups in total. The minimum Gasteiger partial charge on any atom is -0.497 e. The van der Waals surface area contributed by atoms with Crippen molar-refractivity contribution in [2.75, 3.05) is 13.7 Å². The Labute approximate surface area is 190 Å². The van der Waals surface area contributed by atoms with Gasteiger partial charge >= 0.3 is 5.97 Å². The van der Waals surface area contributed by atoms with Gasteiger partial charge in [-0.05, 0) is 61.5 Å². The molecule has 0 fully saturated rings. The van der Waals surface area contributed by atoms with Crippen molar-refractivity contribution in [2.45, 2.75) is 6.92 Å². The molecule has 3 aromatic carbocycles. The highest BCUT2D eigenvalue weighted by Crippen LogP contribution is 2.33. The van der Waals surface area contributed by atoms with Crippen molar-refractivity contribution >= 4 is 33.6 Å². The second-order valence-electron chi connectivity index (χ2n) is 7.63. The second kappa shape index (κ2) is 8.31. The molecular formula is C27H22N2O4. The Hall–Kier alpha value is -4.32. The average molecular weight is 438 g/mol. The zero-order valence-corrected chi connectivity index (χ0v) is 18.3. The van der Waals surface area contributed by atoms with Crippen LogP contribution in [0.25, 0.3) is 27.5 Å². The number of esters is 1. The summed E-state index contributed by atoms with van der Waals surface area (Å²) in [7, 11) is 1.59. The van der Waals surface area contributed by atoms with Gasteiger partial charge in [0.25, 0.3) is 0 Å². The van der Waals surface area contributed by atoms with Crippen LogP contribution in [-0.2, 0) is 4.74 Å². The van der Waals surface area contributed by atoms with Gasteiger partial charge in [-0.3, -0.25) is 4.79 Å². The van der Waals surface area contributed by atoms with Crippen LogP contribution in [0.3, 0.4) is 0 Å². The number of rotatable bonds is 6. The fourth-order valence-electron chi connectivity index (χ4n) is 4.11. The summed E-state index contributed by atoms with van der Waals surface area (Å²) >= 11 is 0. The van der Waals surface area contributed by atoms with Crippen LogP contribution in [0.15, 0.2) is 79.0 Å². The molecule has 0 radical (unpaired) electrons. The first-order valence-electron chi connectivity index (χ1n) is 10.7. The van der Waals surface area contributed by atoms with Crippen molar-refractivity contribution in [3.63, 3.8) is 0 Å². The zero-order chi connectivity index (χ0) is 22.9. The lowest BCUT2D eigenvalue weighted by Crippen LogP contribution is -2.10. The number of para-hydroxylation sites is 1. The van der Waals surface area contributed by atoms with Gasteiger partial charge in [-0.1, -0.05) is 18.2 Å². The van der Waals surface area contributed by atoms with Gasteiger partial charge in [0.05, 0.1) is 24.8 Å². The Kier molecular flexibility index (Phi) is 5.18. The Morgan fingerprint density at radius 3 is 2.27 bits per heavy atom. The first-order valence-corrected chi connectivity index (χ1v) is 10.7. The number of methoxy groups -OCH3 is 1. The maximum absolute atomic E-state index is 13.8. The Morgan fingerprint density at radius 1 is 0.879 bits per heavy atom. The number of benzene rings is 3. The third-order valence-corrected chi connectivity index (χ3v) is 5.69. The van der Waals surface area contributed by atoms with E-state index in [1.165, 1.54) is 0 Å².